The summed E-state index contributed by atoms with van der Waals surface area (Å²) in [6, 6.07) is -3.35. The number of rotatable bonds is 15. The molecule has 0 bridgehead atoms. The van der Waals surface area contributed by atoms with Crippen molar-refractivity contribution in [3.8, 4) is 0 Å². The molecule has 5 heterocycles. The Kier molecular flexibility index (Phi) is 18.1. The van der Waals surface area contributed by atoms with Crippen LogP contribution in [0.1, 0.15) is 27.7 Å². The molecule has 0 aromatic rings. The van der Waals surface area contributed by atoms with Gasteiger partial charge in [0.25, 0.3) is 0 Å². The Hall–Kier alpha value is -2.03. The summed E-state index contributed by atoms with van der Waals surface area (Å²) in [6.07, 6.45) is -41.4. The van der Waals surface area contributed by atoms with Crippen LogP contribution in [0.25, 0.3) is 0 Å². The van der Waals surface area contributed by atoms with Crippen LogP contribution >= 0.6 is 0 Å². The van der Waals surface area contributed by atoms with Crippen LogP contribution in [0.4, 0.5) is 0 Å². The van der Waals surface area contributed by atoms with Gasteiger partial charge in [-0.25, -0.2) is 4.18 Å². The molecule has 15 N–H and O–H groups in total. The molecule has 0 unspecified atom stereocenters. The minimum Gasteiger partial charge on any atom is -0.394 e. The second-order valence-electron chi connectivity index (χ2n) is 16.0. The second-order valence-corrected chi connectivity index (χ2v) is 17.1. The standard InChI is InChI=1S/C34H58N2O27S/c1-8-17(40)22(45)25(48)32(56-8)61-28-16(36-11(4)39)31(60-14(21(28)44)7-55-64(51,52)53)54-6-13-20(43)27(15(30(50)58-13)35-10(3)38)62-34-29(24(47)19(42)12(5-37)59-34)63-33-26(49)23(46)18(41)9(2)57-33/h8-9,12-34,37,40-50H,5-7H2,1-4H3,(H,35,38)(H,36,39)(H,51,52,53)/t8-,9-,12+,13+,14+,15+,16+,17+,18+,19-,20-,21+,22+,23+,24-,25-,26-,27+,28+,29+,30+,31+,32-,33-,34-/m0/s1. The minimum absolute atomic E-state index is 0.801. The van der Waals surface area contributed by atoms with Crippen LogP contribution in [0.3, 0.4) is 0 Å². The van der Waals surface area contributed by atoms with Gasteiger partial charge in [0.2, 0.25) is 11.8 Å². The molecular weight excluding hydrogens is 900 g/mol. The van der Waals surface area contributed by atoms with Crippen LogP contribution in [-0.2, 0) is 66.8 Å². The molecular formula is C34H58N2O27S. The van der Waals surface area contributed by atoms with Gasteiger partial charge in [0.05, 0.1) is 32.0 Å². The first-order valence-electron chi connectivity index (χ1n) is 20.0. The molecule has 25 atom stereocenters. The number of hydrogen-bond acceptors (Lipinski definition) is 26. The third-order valence-electron chi connectivity index (χ3n) is 11.2. The van der Waals surface area contributed by atoms with E-state index >= 15 is 0 Å². The lowest BCUT2D eigenvalue weighted by atomic mass is 9.94. The predicted molar refractivity (Wildman–Crippen MR) is 197 cm³/mol. The van der Waals surface area contributed by atoms with Crippen molar-refractivity contribution in [2.45, 2.75) is 181 Å². The van der Waals surface area contributed by atoms with Crippen molar-refractivity contribution in [1.29, 1.82) is 0 Å². The number of carbonyl (C=O) groups is 2. The summed E-state index contributed by atoms with van der Waals surface area (Å²) in [5.41, 5.74) is 0. The lowest BCUT2D eigenvalue weighted by Gasteiger charge is -2.49. The van der Waals surface area contributed by atoms with E-state index in [1.807, 2.05) is 0 Å². The molecule has 0 aromatic heterocycles. The van der Waals surface area contributed by atoms with Gasteiger partial charge < -0.3 is 115 Å². The molecule has 30 heteroatoms. The van der Waals surface area contributed by atoms with E-state index < -0.39 is 195 Å². The molecule has 5 aliphatic heterocycles. The van der Waals surface area contributed by atoms with Gasteiger partial charge >= 0.3 is 10.4 Å². The molecule has 0 radical (unpaired) electrons. The molecule has 0 saturated carbocycles. The maximum atomic E-state index is 12.5. The number of carbonyl (C=O) groups excluding carboxylic acids is 2. The first kappa shape index (κ1) is 52.9. The number of aliphatic hydroxyl groups is 12. The van der Waals surface area contributed by atoms with Gasteiger partial charge in [-0.05, 0) is 13.8 Å². The number of aliphatic hydroxyl groups excluding tert-OH is 12. The molecule has 2 amide bonds. The van der Waals surface area contributed by atoms with Crippen LogP contribution < -0.4 is 10.6 Å². The molecule has 64 heavy (non-hydrogen) atoms. The third kappa shape index (κ3) is 12.2. The zero-order chi connectivity index (χ0) is 47.7. The van der Waals surface area contributed by atoms with Crippen molar-refractivity contribution >= 4 is 22.2 Å². The first-order chi connectivity index (χ1) is 29.8. The van der Waals surface area contributed by atoms with E-state index in [-0.39, 0.29) is 0 Å². The predicted octanol–water partition coefficient (Wildman–Crippen LogP) is -9.75. The van der Waals surface area contributed by atoms with Crippen molar-refractivity contribution in [1.82, 2.24) is 10.6 Å². The molecule has 5 fully saturated rings. The number of hydrogen-bond donors (Lipinski definition) is 15. The summed E-state index contributed by atoms with van der Waals surface area (Å²) in [7, 11) is -5.18. The lowest BCUT2D eigenvalue weighted by Crippen LogP contribution is -2.69. The normalized spacial score (nSPS) is 48.0. The average Bonchev–Trinajstić information content (AvgIpc) is 3.22. The van der Waals surface area contributed by atoms with Crippen LogP contribution in [0.2, 0.25) is 0 Å². The maximum Gasteiger partial charge on any atom is 0.397 e. The van der Waals surface area contributed by atoms with Gasteiger partial charge in [0, 0.05) is 13.8 Å². The highest BCUT2D eigenvalue weighted by Crippen LogP contribution is 2.35. The van der Waals surface area contributed by atoms with Gasteiger partial charge in [-0.15, -0.1) is 0 Å². The Morgan fingerprint density at radius 2 is 0.969 bits per heavy atom. The van der Waals surface area contributed by atoms with Gasteiger partial charge in [-0.3, -0.25) is 14.1 Å². The maximum absolute atomic E-state index is 12.5. The van der Waals surface area contributed by atoms with E-state index in [0.717, 1.165) is 13.8 Å². The Labute approximate surface area is 364 Å². The Morgan fingerprint density at radius 1 is 0.516 bits per heavy atom. The van der Waals surface area contributed by atoms with Crippen molar-refractivity contribution < 1.29 is 131 Å². The van der Waals surface area contributed by atoms with Crippen molar-refractivity contribution in [2.24, 2.45) is 0 Å². The highest BCUT2D eigenvalue weighted by molar-refractivity contribution is 7.80. The minimum atomic E-state index is -5.18. The van der Waals surface area contributed by atoms with E-state index in [2.05, 4.69) is 14.8 Å². The largest absolute Gasteiger partial charge is 0.397 e. The van der Waals surface area contributed by atoms with E-state index in [1.165, 1.54) is 13.8 Å². The molecule has 372 valence electrons. The number of ether oxygens (including phenoxy) is 9. The summed E-state index contributed by atoms with van der Waals surface area (Å²) >= 11 is 0. The molecule has 5 rings (SSSR count). The van der Waals surface area contributed by atoms with Crippen molar-refractivity contribution in [3.05, 3.63) is 0 Å². The highest BCUT2D eigenvalue weighted by Gasteiger charge is 2.56. The summed E-state index contributed by atoms with van der Waals surface area (Å²) in [5.74, 6) is -1.62. The summed E-state index contributed by atoms with van der Waals surface area (Å²) in [6.45, 7) is 1.72. The van der Waals surface area contributed by atoms with Crippen LogP contribution in [-0.4, -0.2) is 259 Å². The topological polar surface area (TPSA) is 448 Å². The van der Waals surface area contributed by atoms with Crippen LogP contribution in [0.5, 0.6) is 0 Å². The Morgan fingerprint density at radius 3 is 1.47 bits per heavy atom. The van der Waals surface area contributed by atoms with Gasteiger partial charge in [-0.1, -0.05) is 0 Å². The van der Waals surface area contributed by atoms with E-state index in [9.17, 15) is 83.8 Å². The number of amides is 2. The van der Waals surface area contributed by atoms with Gasteiger partial charge in [0.15, 0.2) is 31.5 Å². The smallest absolute Gasteiger partial charge is 0.394 e. The molecule has 29 nitrogen and oxygen atoms in total. The molecule has 5 aliphatic rings. The van der Waals surface area contributed by atoms with E-state index in [1.54, 1.807) is 0 Å². The summed E-state index contributed by atoms with van der Waals surface area (Å²) in [5, 5.41) is 133. The zero-order valence-corrected chi connectivity index (χ0v) is 35.3. The Balaban J connectivity index is 1.43. The van der Waals surface area contributed by atoms with Crippen molar-refractivity contribution in [2.75, 3.05) is 19.8 Å². The molecule has 0 aromatic carbocycles. The first-order valence-corrected chi connectivity index (χ1v) is 21.3. The molecule has 0 aliphatic carbocycles. The van der Waals surface area contributed by atoms with E-state index in [4.69, 9.17) is 42.6 Å². The summed E-state index contributed by atoms with van der Waals surface area (Å²) in [4.78, 5) is 24.8. The fraction of sp³-hybridized carbons (Fsp3) is 0.941. The fourth-order valence-electron chi connectivity index (χ4n) is 7.74. The average molecular weight is 959 g/mol. The monoisotopic (exact) mass is 958 g/mol. The third-order valence-corrected chi connectivity index (χ3v) is 11.7. The van der Waals surface area contributed by atoms with Crippen molar-refractivity contribution in [3.63, 3.8) is 0 Å². The SMILES string of the molecule is CC(=O)N[C@@H]1[C@@H](O[C@@H]2O[C@H](CO)[C@H](O)[C@H](O)[C@H]2O[C@@H]2O[C@@H](C)[C@@H](O)[C@@H](O)[C@@H]2O)[C@@H](O)[C@@H](CO[C@@H]2O[C@H](COS(=O)(=O)O)[C@@H](O)[C@H](O[C@@H]3O[C@@H](C)[C@@H](O)[C@@H](O)[C@@H]3O)[C@H]2NC(C)=O)O[C@H]1O. The van der Waals surface area contributed by atoms with Gasteiger partial charge in [0.1, 0.15) is 110 Å². The Bertz CT molecular complexity index is 1650. The molecule has 5 saturated heterocycles. The van der Waals surface area contributed by atoms with Crippen LogP contribution in [0.15, 0.2) is 0 Å². The zero-order valence-electron chi connectivity index (χ0n) is 34.5. The lowest BCUT2D eigenvalue weighted by molar-refractivity contribution is -0.381. The summed E-state index contributed by atoms with van der Waals surface area (Å²) < 4.78 is 88.0. The van der Waals surface area contributed by atoms with Crippen LogP contribution in [0, 0.1) is 0 Å². The number of nitrogens with one attached hydrogen (secondary N) is 2. The van der Waals surface area contributed by atoms with Gasteiger partial charge in [-0.2, -0.15) is 8.42 Å². The fourth-order valence-corrected chi connectivity index (χ4v) is 8.04. The quantitative estimate of drug-likeness (QED) is 0.0678. The highest BCUT2D eigenvalue weighted by atomic mass is 32.3. The molecule has 0 spiro atoms. The van der Waals surface area contributed by atoms with E-state index in [0.29, 0.717) is 0 Å². The second kappa shape index (κ2) is 21.9.